The number of para-hydroxylation sites is 2. The van der Waals surface area contributed by atoms with Gasteiger partial charge in [0.1, 0.15) is 5.00 Å². The van der Waals surface area contributed by atoms with E-state index in [9.17, 15) is 9.59 Å². The van der Waals surface area contributed by atoms with E-state index in [-0.39, 0.29) is 17.1 Å². The Kier molecular flexibility index (Phi) is 4.80. The number of nitrogens with zero attached hydrogens (tertiary/aromatic N) is 1. The monoisotopic (exact) mass is 543 g/mol. The molecule has 0 saturated carbocycles. The van der Waals surface area contributed by atoms with Gasteiger partial charge in [-0.15, -0.1) is 22.7 Å². The van der Waals surface area contributed by atoms with E-state index in [1.165, 1.54) is 9.79 Å². The van der Waals surface area contributed by atoms with Gasteiger partial charge in [0, 0.05) is 46.0 Å². The Labute approximate surface area is 230 Å². The van der Waals surface area contributed by atoms with Crippen molar-refractivity contribution in [2.24, 2.45) is 0 Å². The lowest BCUT2D eigenvalue weighted by Gasteiger charge is -2.31. The summed E-state index contributed by atoms with van der Waals surface area (Å²) in [7, 11) is 0. The van der Waals surface area contributed by atoms with Gasteiger partial charge in [-0.25, -0.2) is 0 Å². The molecule has 0 radical (unpaired) electrons. The maximum atomic E-state index is 13.5. The fourth-order valence-corrected chi connectivity index (χ4v) is 8.46. The third-order valence-electron chi connectivity index (χ3n) is 7.05. The zero-order valence-electron chi connectivity index (χ0n) is 19.8. The molecule has 3 nitrogen and oxygen atoms in total. The molecule has 0 fully saturated rings. The molecule has 2 aromatic heterocycles. The highest BCUT2D eigenvalue weighted by molar-refractivity contribution is 7.99. The van der Waals surface area contributed by atoms with Crippen LogP contribution in [0, 0.1) is 0 Å². The summed E-state index contributed by atoms with van der Waals surface area (Å²) in [6.45, 7) is 0. The van der Waals surface area contributed by atoms with E-state index >= 15 is 0 Å². The number of Topliss-reactive ketones (excluding diaryl/α,β-unsaturated/α-hetero) is 2. The average Bonchev–Trinajstić information content (AvgIpc) is 3.62. The lowest BCUT2D eigenvalue weighted by Crippen LogP contribution is -2.13. The minimum Gasteiger partial charge on any atom is -0.300 e. The van der Waals surface area contributed by atoms with Crippen LogP contribution in [0.2, 0.25) is 0 Å². The van der Waals surface area contributed by atoms with Crippen molar-refractivity contribution >= 4 is 88.6 Å². The SMILES string of the molecule is O=C1/C(=C/c2ccc(N3c4ccccc4Sc4ccccc43)s2)C(=O)c2cc3c(cc21)sc1ccccc13. The fraction of sp³-hybridized carbons (Fsp3) is 0. The minimum atomic E-state index is -0.192. The summed E-state index contributed by atoms with van der Waals surface area (Å²) in [6.07, 6.45) is 1.77. The Hall–Kier alpha value is -3.97. The van der Waals surface area contributed by atoms with Crippen molar-refractivity contribution < 1.29 is 9.59 Å². The van der Waals surface area contributed by atoms with Crippen LogP contribution in [0.1, 0.15) is 25.6 Å². The van der Waals surface area contributed by atoms with E-state index in [1.54, 1.807) is 40.5 Å². The van der Waals surface area contributed by atoms with E-state index in [4.69, 9.17) is 0 Å². The highest BCUT2D eigenvalue weighted by atomic mass is 32.2. The smallest absolute Gasteiger partial charge is 0.197 e. The molecule has 38 heavy (non-hydrogen) atoms. The van der Waals surface area contributed by atoms with Gasteiger partial charge < -0.3 is 0 Å². The summed E-state index contributed by atoms with van der Waals surface area (Å²) < 4.78 is 2.19. The third kappa shape index (κ3) is 3.21. The second-order valence-corrected chi connectivity index (χ2v) is 12.5. The molecule has 3 heterocycles. The summed E-state index contributed by atoms with van der Waals surface area (Å²) in [5, 5.41) is 3.20. The Morgan fingerprint density at radius 3 is 2.03 bits per heavy atom. The molecular formula is C32H17NO2S3. The predicted octanol–water partition coefficient (Wildman–Crippen LogP) is 9.51. The van der Waals surface area contributed by atoms with Crippen molar-refractivity contribution in [1.29, 1.82) is 0 Å². The standard InChI is InChI=1S/C32H17NO2S3/c34-31-21-16-20-19-7-1-4-10-26(19)37-29(20)17-22(21)32(35)23(31)15-18-13-14-30(36-18)33-24-8-2-5-11-27(24)38-28-12-6-3-9-25(28)33/h1-17H/b23-15+. The summed E-state index contributed by atoms with van der Waals surface area (Å²) >= 11 is 5.01. The molecule has 6 heteroatoms. The largest absolute Gasteiger partial charge is 0.300 e. The number of thiophene rings is 2. The number of benzene rings is 4. The Morgan fingerprint density at radius 1 is 0.605 bits per heavy atom. The van der Waals surface area contributed by atoms with Gasteiger partial charge in [0.15, 0.2) is 11.6 Å². The molecule has 0 spiro atoms. The normalized spacial score (nSPS) is 15.4. The molecule has 1 aliphatic heterocycles. The molecule has 0 saturated heterocycles. The first-order chi connectivity index (χ1) is 18.7. The highest BCUT2D eigenvalue weighted by Gasteiger charge is 2.34. The zero-order valence-corrected chi connectivity index (χ0v) is 22.3. The van der Waals surface area contributed by atoms with Gasteiger partial charge in [-0.1, -0.05) is 54.2 Å². The van der Waals surface area contributed by atoms with Gasteiger partial charge in [0.25, 0.3) is 0 Å². The molecule has 2 aliphatic rings. The van der Waals surface area contributed by atoms with Crippen LogP contribution in [0.3, 0.4) is 0 Å². The first-order valence-corrected chi connectivity index (χ1v) is 14.6. The molecular weight excluding hydrogens is 527 g/mol. The predicted molar refractivity (Wildman–Crippen MR) is 159 cm³/mol. The second kappa shape index (κ2) is 8.27. The van der Waals surface area contributed by atoms with Gasteiger partial charge in [-0.05, 0) is 60.7 Å². The molecule has 1 aliphatic carbocycles. The molecule has 0 amide bonds. The number of carbonyl (C=O) groups is 2. The van der Waals surface area contributed by atoms with Crippen LogP contribution in [0.5, 0.6) is 0 Å². The number of anilines is 3. The van der Waals surface area contributed by atoms with Gasteiger partial charge in [0.2, 0.25) is 0 Å². The van der Waals surface area contributed by atoms with E-state index < -0.39 is 0 Å². The number of rotatable bonds is 2. The fourth-order valence-electron chi connectivity index (χ4n) is 5.30. The van der Waals surface area contributed by atoms with Crippen molar-refractivity contribution in [1.82, 2.24) is 0 Å². The zero-order chi connectivity index (χ0) is 25.4. The number of hydrogen-bond acceptors (Lipinski definition) is 6. The van der Waals surface area contributed by atoms with E-state index in [0.29, 0.717) is 11.1 Å². The van der Waals surface area contributed by atoms with Gasteiger partial charge >= 0.3 is 0 Å². The molecule has 180 valence electrons. The minimum absolute atomic E-state index is 0.190. The van der Waals surface area contributed by atoms with E-state index in [1.807, 2.05) is 30.3 Å². The maximum absolute atomic E-state index is 13.5. The van der Waals surface area contributed by atoms with E-state index in [2.05, 4.69) is 71.6 Å². The number of ketones is 2. The first-order valence-electron chi connectivity index (χ1n) is 12.2. The van der Waals surface area contributed by atoms with Crippen LogP contribution in [-0.2, 0) is 0 Å². The van der Waals surface area contributed by atoms with Crippen molar-refractivity contribution in [3.63, 3.8) is 0 Å². The molecule has 8 rings (SSSR count). The van der Waals surface area contributed by atoms with Gasteiger partial charge in [0.05, 0.1) is 16.9 Å². The molecule has 0 unspecified atom stereocenters. The lowest BCUT2D eigenvalue weighted by molar-refractivity contribution is 0.0990. The summed E-state index contributed by atoms with van der Waals surface area (Å²) in [5.74, 6) is -0.383. The van der Waals surface area contributed by atoms with Crippen molar-refractivity contribution in [2.45, 2.75) is 9.79 Å². The van der Waals surface area contributed by atoms with Crippen LogP contribution in [0.4, 0.5) is 16.4 Å². The number of carbonyl (C=O) groups excluding carboxylic acids is 2. The van der Waals surface area contributed by atoms with Crippen molar-refractivity contribution in [2.75, 3.05) is 4.90 Å². The van der Waals surface area contributed by atoms with Crippen molar-refractivity contribution in [3.05, 3.63) is 119 Å². The molecule has 6 aromatic rings. The molecule has 0 N–H and O–H groups in total. The van der Waals surface area contributed by atoms with E-state index in [0.717, 1.165) is 41.4 Å². The number of allylic oxidation sites excluding steroid dienone is 1. The maximum Gasteiger partial charge on any atom is 0.197 e. The van der Waals surface area contributed by atoms with Crippen molar-refractivity contribution in [3.8, 4) is 0 Å². The summed E-state index contributed by atoms with van der Waals surface area (Å²) in [5.41, 5.74) is 3.51. The molecule has 4 aromatic carbocycles. The van der Waals surface area contributed by atoms with Gasteiger partial charge in [-0.2, -0.15) is 0 Å². The van der Waals surface area contributed by atoms with Gasteiger partial charge in [-0.3, -0.25) is 14.5 Å². The molecule has 0 atom stereocenters. The number of fused-ring (bicyclic) bond motifs is 6. The quantitative estimate of drug-likeness (QED) is 0.161. The average molecular weight is 544 g/mol. The van der Waals surface area contributed by atoms with Crippen LogP contribution in [-0.4, -0.2) is 11.6 Å². The van der Waals surface area contributed by atoms with Crippen LogP contribution in [0.15, 0.2) is 112 Å². The second-order valence-electron chi connectivity index (χ2n) is 9.26. The Balaban J connectivity index is 1.20. The number of hydrogen-bond donors (Lipinski definition) is 0. The first kappa shape index (κ1) is 22.1. The lowest BCUT2D eigenvalue weighted by atomic mass is 10.1. The van der Waals surface area contributed by atoms with Crippen LogP contribution < -0.4 is 4.90 Å². The molecule has 0 bridgehead atoms. The highest BCUT2D eigenvalue weighted by Crippen LogP contribution is 2.52. The third-order valence-corrected chi connectivity index (χ3v) is 10.3. The van der Waals surface area contributed by atoms with Crippen LogP contribution >= 0.6 is 34.4 Å². The summed E-state index contributed by atoms with van der Waals surface area (Å²) in [4.78, 5) is 32.4. The Morgan fingerprint density at radius 2 is 1.26 bits per heavy atom. The topological polar surface area (TPSA) is 37.4 Å². The Bertz CT molecular complexity index is 1970. The summed E-state index contributed by atoms with van der Waals surface area (Å²) in [6, 6.07) is 32.8. The van der Waals surface area contributed by atoms with Crippen LogP contribution in [0.25, 0.3) is 26.2 Å².